The summed E-state index contributed by atoms with van der Waals surface area (Å²) in [6.45, 7) is 12.5. The van der Waals surface area contributed by atoms with Crippen molar-refractivity contribution in [2.45, 2.75) is 149 Å². The molecule has 210 valence electrons. The van der Waals surface area contributed by atoms with E-state index in [2.05, 4.69) is 39.8 Å². The first-order valence-corrected chi connectivity index (χ1v) is 17.3. The van der Waals surface area contributed by atoms with Crippen LogP contribution < -0.4 is 0 Å². The van der Waals surface area contributed by atoms with Crippen molar-refractivity contribution in [1.82, 2.24) is 0 Å². The monoisotopic (exact) mass is 514 g/mol. The molecule has 0 radical (unpaired) electrons. The Morgan fingerprint density at radius 1 is 0.429 bits per heavy atom. The topological polar surface area (TPSA) is 36.9 Å². The zero-order valence-electron chi connectivity index (χ0n) is 24.3. The first-order chi connectivity index (χ1) is 17.2. The highest BCUT2D eigenvalue weighted by molar-refractivity contribution is 6.60. The lowest BCUT2D eigenvalue weighted by Gasteiger charge is -2.29. The summed E-state index contributed by atoms with van der Waals surface area (Å²) in [7, 11) is -2.56. The van der Waals surface area contributed by atoms with Crippen molar-refractivity contribution in [3.63, 3.8) is 0 Å². The summed E-state index contributed by atoms with van der Waals surface area (Å²) in [5, 5.41) is 0. The Morgan fingerprint density at radius 2 is 0.857 bits per heavy atom. The minimum absolute atomic E-state index is 0.718. The van der Waals surface area contributed by atoms with Gasteiger partial charge in [-0.05, 0) is 57.8 Å². The van der Waals surface area contributed by atoms with Gasteiger partial charge in [-0.3, -0.25) is 0 Å². The van der Waals surface area contributed by atoms with Crippen LogP contribution in [0.2, 0.25) is 6.04 Å². The lowest BCUT2D eigenvalue weighted by Crippen LogP contribution is -2.46. The van der Waals surface area contributed by atoms with E-state index in [4.69, 9.17) is 18.0 Å². The zero-order valence-corrected chi connectivity index (χ0v) is 25.3. The molecule has 0 aromatic carbocycles. The van der Waals surface area contributed by atoms with Gasteiger partial charge in [0.05, 0.1) is 0 Å². The second-order valence-corrected chi connectivity index (χ2v) is 12.6. The highest BCUT2D eigenvalue weighted by Crippen LogP contribution is 2.20. The summed E-state index contributed by atoms with van der Waals surface area (Å²) in [5.74, 6) is 0. The molecule has 0 bridgehead atoms. The normalized spacial score (nSPS) is 12.2. The number of unbranched alkanes of at least 4 members (excludes halogenated alkanes) is 12. The third-order valence-electron chi connectivity index (χ3n) is 6.15. The van der Waals surface area contributed by atoms with Crippen LogP contribution in [0, 0.1) is 0 Å². The molecule has 0 unspecified atom stereocenters. The molecule has 0 amide bonds. The van der Waals surface area contributed by atoms with Crippen LogP contribution in [0.15, 0.2) is 12.2 Å². The van der Waals surface area contributed by atoms with Crippen LogP contribution in [0.3, 0.4) is 0 Å². The molecule has 0 aliphatic rings. The van der Waals surface area contributed by atoms with Gasteiger partial charge >= 0.3 is 8.80 Å². The van der Waals surface area contributed by atoms with Crippen LogP contribution in [-0.2, 0) is 18.0 Å². The maximum atomic E-state index is 6.16. The summed E-state index contributed by atoms with van der Waals surface area (Å²) in [6.07, 6.45) is 27.5. The predicted molar refractivity (Wildman–Crippen MR) is 154 cm³/mol. The van der Waals surface area contributed by atoms with Crippen molar-refractivity contribution >= 4 is 8.80 Å². The van der Waals surface area contributed by atoms with E-state index in [1.54, 1.807) is 0 Å². The van der Waals surface area contributed by atoms with Crippen LogP contribution in [0.4, 0.5) is 0 Å². The molecule has 0 atom stereocenters. The first kappa shape index (κ1) is 34.8. The Morgan fingerprint density at radius 3 is 1.34 bits per heavy atom. The van der Waals surface area contributed by atoms with Gasteiger partial charge in [-0.25, -0.2) is 0 Å². The molecular formula is C30H62O4Si. The van der Waals surface area contributed by atoms with Gasteiger partial charge in [-0.15, -0.1) is 0 Å². The molecule has 0 aromatic heterocycles. The molecule has 0 saturated heterocycles. The van der Waals surface area contributed by atoms with Crippen molar-refractivity contribution in [3.05, 3.63) is 12.2 Å². The van der Waals surface area contributed by atoms with Crippen LogP contribution >= 0.6 is 0 Å². The van der Waals surface area contributed by atoms with E-state index < -0.39 is 8.80 Å². The minimum atomic E-state index is -2.56. The third kappa shape index (κ3) is 23.9. The van der Waals surface area contributed by atoms with Crippen LogP contribution in [0.5, 0.6) is 0 Å². The number of hydrogen-bond acceptors (Lipinski definition) is 4. The second kappa shape index (κ2) is 28.4. The highest BCUT2D eigenvalue weighted by atomic mass is 28.4. The average molecular weight is 515 g/mol. The van der Waals surface area contributed by atoms with Crippen LogP contribution in [-0.4, -0.2) is 41.8 Å². The fourth-order valence-electron chi connectivity index (χ4n) is 4.06. The zero-order chi connectivity index (χ0) is 25.7. The molecule has 0 aliphatic heterocycles. The molecule has 0 aromatic rings. The number of hydrogen-bond donors (Lipinski definition) is 0. The van der Waals surface area contributed by atoms with Gasteiger partial charge in [0.1, 0.15) is 0 Å². The van der Waals surface area contributed by atoms with Gasteiger partial charge in [-0.1, -0.05) is 97.6 Å². The SMILES string of the molecule is CCCCCCCC/C=C\CCCCCCCCOCCC[Si](OCCC)(OCCC)OCCC. The van der Waals surface area contributed by atoms with Gasteiger partial charge in [0.2, 0.25) is 0 Å². The fourth-order valence-corrected chi connectivity index (χ4v) is 6.86. The molecular weight excluding hydrogens is 452 g/mol. The van der Waals surface area contributed by atoms with Crippen molar-refractivity contribution in [2.24, 2.45) is 0 Å². The van der Waals surface area contributed by atoms with E-state index in [0.717, 1.165) is 64.8 Å². The van der Waals surface area contributed by atoms with Gasteiger partial charge < -0.3 is 18.0 Å². The summed E-state index contributed by atoms with van der Waals surface area (Å²) >= 11 is 0. The van der Waals surface area contributed by atoms with E-state index in [0.29, 0.717) is 0 Å². The van der Waals surface area contributed by atoms with E-state index in [-0.39, 0.29) is 0 Å². The highest BCUT2D eigenvalue weighted by Gasteiger charge is 2.40. The number of rotatable bonds is 29. The molecule has 0 saturated carbocycles. The Labute approximate surface area is 221 Å². The maximum Gasteiger partial charge on any atom is 0.501 e. The van der Waals surface area contributed by atoms with Crippen molar-refractivity contribution in [2.75, 3.05) is 33.0 Å². The molecule has 0 heterocycles. The minimum Gasteiger partial charge on any atom is -0.381 e. The van der Waals surface area contributed by atoms with Gasteiger partial charge in [0.25, 0.3) is 0 Å². The lowest BCUT2D eigenvalue weighted by molar-refractivity contribution is 0.0547. The third-order valence-corrected chi connectivity index (χ3v) is 9.05. The van der Waals surface area contributed by atoms with E-state index in [1.165, 1.54) is 89.9 Å². The van der Waals surface area contributed by atoms with Crippen molar-refractivity contribution in [1.29, 1.82) is 0 Å². The molecule has 0 aliphatic carbocycles. The van der Waals surface area contributed by atoms with E-state index >= 15 is 0 Å². The first-order valence-electron chi connectivity index (χ1n) is 15.4. The second-order valence-electron chi connectivity index (χ2n) is 9.88. The standard InChI is InChI=1S/C30H62O4Si/c1-5-9-10-11-12-13-14-15-16-17-18-19-20-21-22-23-28-31-29-24-30-35(32-25-6-2,33-26-7-3)34-27-8-4/h15-16H,5-14,17-30H2,1-4H3/b16-15-. The summed E-state index contributed by atoms with van der Waals surface area (Å²) in [4.78, 5) is 0. The smallest absolute Gasteiger partial charge is 0.381 e. The summed E-state index contributed by atoms with van der Waals surface area (Å²) < 4.78 is 24.4. The largest absolute Gasteiger partial charge is 0.501 e. The molecule has 0 fully saturated rings. The Balaban J connectivity index is 3.64. The van der Waals surface area contributed by atoms with Crippen molar-refractivity contribution < 1.29 is 18.0 Å². The van der Waals surface area contributed by atoms with Crippen molar-refractivity contribution in [3.8, 4) is 0 Å². The Hall–Kier alpha value is -0.203. The van der Waals surface area contributed by atoms with Gasteiger partial charge in [0, 0.05) is 39.1 Å². The Bertz CT molecular complexity index is 409. The van der Waals surface area contributed by atoms with Crippen LogP contribution in [0.25, 0.3) is 0 Å². The fraction of sp³-hybridized carbons (Fsp3) is 0.933. The van der Waals surface area contributed by atoms with Crippen LogP contribution in [0.1, 0.15) is 143 Å². The summed E-state index contributed by atoms with van der Waals surface area (Å²) in [5.41, 5.74) is 0. The van der Waals surface area contributed by atoms with Gasteiger partial charge in [0.15, 0.2) is 0 Å². The molecule has 0 rings (SSSR count). The summed E-state index contributed by atoms with van der Waals surface area (Å²) in [6, 6.07) is 0.862. The molecule has 4 nitrogen and oxygen atoms in total. The maximum absolute atomic E-state index is 6.16. The van der Waals surface area contributed by atoms with E-state index in [1.807, 2.05) is 0 Å². The predicted octanol–water partition coefficient (Wildman–Crippen LogP) is 9.65. The molecule has 5 heteroatoms. The average Bonchev–Trinajstić information content (AvgIpc) is 2.88. The quantitative estimate of drug-likeness (QED) is 0.0565. The number of ether oxygens (including phenoxy) is 1. The Kier molecular flexibility index (Phi) is 28.2. The number of allylic oxidation sites excluding steroid dienone is 2. The lowest BCUT2D eigenvalue weighted by atomic mass is 10.1. The molecule has 35 heavy (non-hydrogen) atoms. The van der Waals surface area contributed by atoms with E-state index in [9.17, 15) is 0 Å². The molecule has 0 spiro atoms. The van der Waals surface area contributed by atoms with Gasteiger partial charge in [-0.2, -0.15) is 0 Å². The molecule has 0 N–H and O–H groups in total.